The van der Waals surface area contributed by atoms with Gasteiger partial charge in [-0.15, -0.1) is 0 Å². The van der Waals surface area contributed by atoms with Crippen LogP contribution in [-0.2, 0) is 4.79 Å². The molecule has 1 amide bonds. The van der Waals surface area contributed by atoms with Gasteiger partial charge >= 0.3 is 0 Å². The predicted octanol–water partition coefficient (Wildman–Crippen LogP) is 1.21. The Kier molecular flexibility index (Phi) is 3.65. The highest BCUT2D eigenvalue weighted by Crippen LogP contribution is 2.44. The van der Waals surface area contributed by atoms with Gasteiger partial charge in [-0.25, -0.2) is 0 Å². The maximum absolute atomic E-state index is 11.3. The summed E-state index contributed by atoms with van der Waals surface area (Å²) in [5.74, 6) is 1.97. The van der Waals surface area contributed by atoms with E-state index < -0.39 is 0 Å². The first-order chi connectivity index (χ1) is 9.13. The number of nitrogens with zero attached hydrogens (tertiary/aromatic N) is 2. The summed E-state index contributed by atoms with van der Waals surface area (Å²) in [4.78, 5) is 15.4. The van der Waals surface area contributed by atoms with Crippen molar-refractivity contribution in [2.24, 2.45) is 11.8 Å². The average Bonchev–Trinajstić information content (AvgIpc) is 3.01. The van der Waals surface area contributed by atoms with Gasteiger partial charge < -0.3 is 15.1 Å². The van der Waals surface area contributed by atoms with Gasteiger partial charge in [0.25, 0.3) is 0 Å². The van der Waals surface area contributed by atoms with E-state index in [1.165, 1.54) is 25.7 Å². The number of carbonyl (C=O) groups excluding carboxylic acids is 1. The summed E-state index contributed by atoms with van der Waals surface area (Å²) in [6, 6.07) is 0.608. The molecule has 1 saturated heterocycles. The summed E-state index contributed by atoms with van der Waals surface area (Å²) in [6.07, 6.45) is 5.51. The molecular weight excluding hydrogens is 258 g/mol. The van der Waals surface area contributed by atoms with Crippen LogP contribution in [0.4, 0.5) is 0 Å². The maximum Gasteiger partial charge on any atom is 0.219 e. The molecule has 4 nitrogen and oxygen atoms in total. The molecule has 0 aromatic heterocycles. The van der Waals surface area contributed by atoms with E-state index in [0.29, 0.717) is 6.04 Å². The lowest BCUT2D eigenvalue weighted by molar-refractivity contribution is -0.130. The van der Waals surface area contributed by atoms with Crippen molar-refractivity contribution in [3.05, 3.63) is 0 Å². The molecule has 19 heavy (non-hydrogen) atoms. The Labute approximate surface area is 120 Å². The average molecular weight is 281 g/mol. The van der Waals surface area contributed by atoms with Crippen molar-refractivity contribution in [3.8, 4) is 0 Å². The van der Waals surface area contributed by atoms with Gasteiger partial charge in [-0.1, -0.05) is 6.42 Å². The topological polar surface area (TPSA) is 35.6 Å². The molecule has 3 fully saturated rings. The largest absolute Gasteiger partial charge is 0.360 e. The molecule has 0 aromatic rings. The maximum atomic E-state index is 11.3. The zero-order valence-corrected chi connectivity index (χ0v) is 12.4. The molecule has 2 saturated carbocycles. The predicted molar refractivity (Wildman–Crippen MR) is 78.8 cm³/mol. The molecule has 0 unspecified atom stereocenters. The lowest BCUT2D eigenvalue weighted by atomic mass is 9.95. The number of nitrogens with one attached hydrogen (secondary N) is 1. The summed E-state index contributed by atoms with van der Waals surface area (Å²) in [5, 5.41) is 4.48. The lowest BCUT2D eigenvalue weighted by Crippen LogP contribution is -2.54. The van der Waals surface area contributed by atoms with E-state index >= 15 is 0 Å². The van der Waals surface area contributed by atoms with Crippen LogP contribution < -0.4 is 5.32 Å². The smallest absolute Gasteiger partial charge is 0.219 e. The quantitative estimate of drug-likeness (QED) is 0.733. The van der Waals surface area contributed by atoms with E-state index in [2.05, 4.69) is 10.2 Å². The van der Waals surface area contributed by atoms with Crippen molar-refractivity contribution in [2.45, 2.75) is 38.6 Å². The normalized spacial score (nSPS) is 33.6. The van der Waals surface area contributed by atoms with Crippen LogP contribution in [0.15, 0.2) is 0 Å². The standard InChI is InChI=1S/C14H23N3OS/c1-10(18)16-4-6-17(7-5-16)14(19)15-13-9-11-2-3-12(13)8-11/h11-13H,2-9H2,1H3,(H,15,19)/t11-,12+,13-/m0/s1. The van der Waals surface area contributed by atoms with Gasteiger partial charge in [0.05, 0.1) is 0 Å². The summed E-state index contributed by atoms with van der Waals surface area (Å²) in [5.41, 5.74) is 0. The van der Waals surface area contributed by atoms with Crippen LogP contribution in [0.3, 0.4) is 0 Å². The number of thiocarbonyl (C=S) groups is 1. The highest BCUT2D eigenvalue weighted by Gasteiger charge is 2.40. The molecule has 3 rings (SSSR count). The first kappa shape index (κ1) is 13.2. The van der Waals surface area contributed by atoms with Gasteiger partial charge in [0, 0.05) is 39.1 Å². The van der Waals surface area contributed by atoms with E-state index in [-0.39, 0.29) is 5.91 Å². The number of fused-ring (bicyclic) bond motifs is 2. The van der Waals surface area contributed by atoms with Crippen LogP contribution in [0.1, 0.15) is 32.6 Å². The molecule has 1 N–H and O–H groups in total. The van der Waals surface area contributed by atoms with E-state index in [1.807, 2.05) is 4.90 Å². The minimum Gasteiger partial charge on any atom is -0.360 e. The van der Waals surface area contributed by atoms with Crippen LogP contribution in [0.25, 0.3) is 0 Å². The van der Waals surface area contributed by atoms with E-state index in [0.717, 1.165) is 43.1 Å². The second-order valence-corrected chi connectivity index (χ2v) is 6.61. The van der Waals surface area contributed by atoms with Crippen molar-refractivity contribution in [1.82, 2.24) is 15.1 Å². The molecule has 5 heteroatoms. The van der Waals surface area contributed by atoms with E-state index in [4.69, 9.17) is 12.2 Å². The molecule has 106 valence electrons. The molecular formula is C14H23N3OS. The van der Waals surface area contributed by atoms with Crippen LogP contribution >= 0.6 is 12.2 Å². The molecule has 1 heterocycles. The van der Waals surface area contributed by atoms with Gasteiger partial charge in [0.2, 0.25) is 5.91 Å². The van der Waals surface area contributed by atoms with Gasteiger partial charge in [-0.2, -0.15) is 0 Å². The summed E-state index contributed by atoms with van der Waals surface area (Å²) >= 11 is 5.54. The third-order valence-corrected chi connectivity index (χ3v) is 5.44. The van der Waals surface area contributed by atoms with Gasteiger partial charge in [0.15, 0.2) is 5.11 Å². The number of amides is 1. The SMILES string of the molecule is CC(=O)N1CCN(C(=S)N[C@H]2C[C@H]3CC[C@@H]2C3)CC1. The van der Waals surface area contributed by atoms with Crippen molar-refractivity contribution in [2.75, 3.05) is 26.2 Å². The summed E-state index contributed by atoms with van der Waals surface area (Å²) < 4.78 is 0. The minimum atomic E-state index is 0.173. The molecule has 2 bridgehead atoms. The zero-order chi connectivity index (χ0) is 13.4. The second-order valence-electron chi connectivity index (χ2n) is 6.22. The summed E-state index contributed by atoms with van der Waals surface area (Å²) in [6.45, 7) is 4.97. The molecule has 2 aliphatic carbocycles. The fraction of sp³-hybridized carbons (Fsp3) is 0.857. The Morgan fingerprint density at radius 3 is 2.32 bits per heavy atom. The molecule has 0 spiro atoms. The minimum absolute atomic E-state index is 0.173. The Hall–Kier alpha value is -0.840. The first-order valence-corrected chi connectivity index (χ1v) is 7.85. The van der Waals surface area contributed by atoms with Gasteiger partial charge in [-0.05, 0) is 43.3 Å². The Balaban J connectivity index is 1.48. The lowest BCUT2D eigenvalue weighted by Gasteiger charge is -2.37. The van der Waals surface area contributed by atoms with Crippen LogP contribution in [0, 0.1) is 11.8 Å². The Morgan fingerprint density at radius 2 is 1.79 bits per heavy atom. The van der Waals surface area contributed by atoms with Gasteiger partial charge in [0.1, 0.15) is 0 Å². The van der Waals surface area contributed by atoms with E-state index in [1.54, 1.807) is 6.92 Å². The first-order valence-electron chi connectivity index (χ1n) is 7.44. The second kappa shape index (κ2) is 5.27. The number of rotatable bonds is 1. The molecule has 0 aromatic carbocycles. The number of carbonyl (C=O) groups is 1. The Morgan fingerprint density at radius 1 is 1.11 bits per heavy atom. The highest BCUT2D eigenvalue weighted by atomic mass is 32.1. The van der Waals surface area contributed by atoms with Crippen LogP contribution in [0.2, 0.25) is 0 Å². The fourth-order valence-corrected chi connectivity index (χ4v) is 4.23. The zero-order valence-electron chi connectivity index (χ0n) is 11.6. The summed E-state index contributed by atoms with van der Waals surface area (Å²) in [7, 11) is 0. The third kappa shape index (κ3) is 2.71. The van der Waals surface area contributed by atoms with Crippen molar-refractivity contribution in [1.29, 1.82) is 0 Å². The van der Waals surface area contributed by atoms with Crippen molar-refractivity contribution >= 4 is 23.2 Å². The van der Waals surface area contributed by atoms with Crippen molar-refractivity contribution in [3.63, 3.8) is 0 Å². The van der Waals surface area contributed by atoms with E-state index in [9.17, 15) is 4.79 Å². The highest BCUT2D eigenvalue weighted by molar-refractivity contribution is 7.80. The fourth-order valence-electron chi connectivity index (χ4n) is 3.90. The van der Waals surface area contributed by atoms with Crippen LogP contribution in [-0.4, -0.2) is 53.0 Å². The van der Waals surface area contributed by atoms with Crippen molar-refractivity contribution < 1.29 is 4.79 Å². The molecule has 0 radical (unpaired) electrons. The van der Waals surface area contributed by atoms with Crippen LogP contribution in [0.5, 0.6) is 0 Å². The molecule has 3 aliphatic rings. The number of hydrogen-bond acceptors (Lipinski definition) is 2. The number of hydrogen-bond donors (Lipinski definition) is 1. The Bertz CT molecular complexity index is 379. The van der Waals surface area contributed by atoms with Gasteiger partial charge in [-0.3, -0.25) is 4.79 Å². The number of piperazine rings is 1. The molecule has 3 atom stereocenters. The molecule has 1 aliphatic heterocycles. The monoisotopic (exact) mass is 281 g/mol. The third-order valence-electron chi connectivity index (χ3n) is 5.06.